The van der Waals surface area contributed by atoms with E-state index in [9.17, 15) is 5.16 Å². The van der Waals surface area contributed by atoms with Crippen molar-refractivity contribution < 1.29 is 18.9 Å². The molecule has 0 aromatic rings. The normalized spacial score (nSPS) is 14.7. The molecule has 86 valence electrons. The fourth-order valence-corrected chi connectivity index (χ4v) is 9.06. The van der Waals surface area contributed by atoms with Crippen molar-refractivity contribution in [2.75, 3.05) is 0 Å². The van der Waals surface area contributed by atoms with Crippen LogP contribution in [-0.4, -0.2) is 15.5 Å². The minimum Gasteiger partial charge on any atom is -0.807 e. The third kappa shape index (κ3) is 3.15. The fraction of sp³-hybridized carbons (Fsp3) is 1.00. The molecule has 0 aliphatic carbocycles. The Morgan fingerprint density at radius 3 is 0.733 bits per heavy atom. The molecule has 0 radical (unpaired) electrons. The summed E-state index contributed by atoms with van der Waals surface area (Å²) in [5.41, 5.74) is 0. The summed E-state index contributed by atoms with van der Waals surface area (Å²) in [6.45, 7) is 19.5. The van der Waals surface area contributed by atoms with Gasteiger partial charge in [0.05, 0.1) is 0 Å². The predicted molar refractivity (Wildman–Crippen MR) is 69.5 cm³/mol. The van der Waals surface area contributed by atoms with Gasteiger partial charge in [0, 0.05) is 0 Å². The van der Waals surface area contributed by atoms with Gasteiger partial charge in [0.2, 0.25) is 0 Å². The maximum absolute atomic E-state index is 11.1. The second kappa shape index (κ2) is 4.60. The van der Waals surface area contributed by atoms with Crippen molar-refractivity contribution in [3.63, 3.8) is 0 Å². The Hall–Kier alpha value is 0.827. The third-order valence-electron chi connectivity index (χ3n) is 2.91. The van der Waals surface area contributed by atoms with E-state index < -0.39 is 7.05 Å². The number of nitrogens with zero attached hydrogens (tertiary/aromatic N) is 1. The van der Waals surface area contributed by atoms with E-state index in [-0.39, 0.29) is 34.3 Å². The first-order chi connectivity index (χ1) is 5.75. The Balaban J connectivity index is 0. The van der Waals surface area contributed by atoms with Crippen LogP contribution in [0.3, 0.4) is 0 Å². The van der Waals surface area contributed by atoms with Crippen molar-refractivity contribution in [1.29, 1.82) is 0 Å². The molecule has 0 aromatic heterocycles. The summed E-state index contributed by atoms with van der Waals surface area (Å²) in [7, 11) is -2.02. The average molecular weight is 223 g/mol. The van der Waals surface area contributed by atoms with Crippen molar-refractivity contribution in [3.8, 4) is 0 Å². The third-order valence-corrected chi connectivity index (χ3v) is 8.74. The smallest absolute Gasteiger partial charge is 0.807 e. The van der Waals surface area contributed by atoms with Gasteiger partial charge in [-0.15, -0.1) is 0 Å². The van der Waals surface area contributed by atoms with Crippen molar-refractivity contribution in [2.24, 2.45) is 0 Å². The summed E-state index contributed by atoms with van der Waals surface area (Å²) < 4.78 is 0. The van der Waals surface area contributed by atoms with Gasteiger partial charge in [0.15, 0.2) is 0 Å². The Bertz CT molecular complexity index is 207. The average Bonchev–Trinajstić information content (AvgIpc) is 1.77. The summed E-state index contributed by atoms with van der Waals surface area (Å²) in [6.07, 6.45) is 0. The molecule has 15 heavy (non-hydrogen) atoms. The van der Waals surface area contributed by atoms with Crippen molar-refractivity contribution in [3.05, 3.63) is 5.16 Å². The molecule has 0 saturated heterocycles. The van der Waals surface area contributed by atoms with Crippen LogP contribution in [0.25, 0.3) is 5.16 Å². The van der Waals surface area contributed by atoms with E-state index in [4.69, 9.17) is 0 Å². The molecule has 0 N–H and O–H groups in total. The second-order valence-electron chi connectivity index (χ2n) is 7.15. The second-order valence-corrected chi connectivity index (χ2v) is 12.4. The van der Waals surface area contributed by atoms with Crippen molar-refractivity contribution in [1.82, 2.24) is 0 Å². The molecule has 0 fully saturated rings. The first kappa shape index (κ1) is 18.2. The van der Waals surface area contributed by atoms with Crippen LogP contribution in [0.15, 0.2) is 0 Å². The van der Waals surface area contributed by atoms with E-state index in [0.717, 1.165) is 0 Å². The van der Waals surface area contributed by atoms with Crippen molar-refractivity contribution >= 4 is 7.05 Å². The zero-order valence-electron chi connectivity index (χ0n) is 12.4. The summed E-state index contributed by atoms with van der Waals surface area (Å²) in [6, 6.07) is 0. The van der Waals surface area contributed by atoms with Gasteiger partial charge in [0.1, 0.15) is 0 Å². The van der Waals surface area contributed by atoms with Crippen molar-refractivity contribution in [2.45, 2.75) is 77.8 Å². The Morgan fingerprint density at radius 1 is 0.600 bits per heavy atom. The Morgan fingerprint density at radius 2 is 0.733 bits per heavy atom. The molecule has 0 aliphatic heterocycles. The van der Waals surface area contributed by atoms with E-state index in [1.54, 1.807) is 0 Å². The van der Waals surface area contributed by atoms with E-state index in [1.165, 1.54) is 0 Å². The first-order valence-corrected chi connectivity index (χ1v) is 7.11. The van der Waals surface area contributed by atoms with Gasteiger partial charge in [-0.3, -0.25) is 0 Å². The molecule has 1 nitrogen and oxygen atoms in total. The zero-order chi connectivity index (χ0) is 12.0. The molecule has 0 aromatic carbocycles. The molecule has 0 unspecified atom stereocenters. The van der Waals surface area contributed by atoms with Crippen LogP contribution in [0.4, 0.5) is 0 Å². The SMILES string of the molecule is CC(C)(C)P(=[N-])(C(C)(C)C)C(C)(C)C.[Li+]. The quantitative estimate of drug-likeness (QED) is 0.443. The van der Waals surface area contributed by atoms with E-state index >= 15 is 0 Å². The van der Waals surface area contributed by atoms with E-state index in [1.807, 2.05) is 0 Å². The molecule has 0 spiro atoms. The van der Waals surface area contributed by atoms with Crippen LogP contribution in [0.1, 0.15) is 62.3 Å². The summed E-state index contributed by atoms with van der Waals surface area (Å²) in [5.74, 6) is 0. The van der Waals surface area contributed by atoms with Gasteiger partial charge < -0.3 is 5.16 Å². The molecular formula is C12H27LiNP. The topological polar surface area (TPSA) is 22.3 Å². The maximum Gasteiger partial charge on any atom is 1.00 e. The molecule has 0 amide bonds. The van der Waals surface area contributed by atoms with Crippen LogP contribution >= 0.6 is 7.05 Å². The van der Waals surface area contributed by atoms with Crippen LogP contribution in [0.5, 0.6) is 0 Å². The van der Waals surface area contributed by atoms with Crippen LogP contribution in [-0.2, 0) is 0 Å². The van der Waals surface area contributed by atoms with Gasteiger partial charge in [-0.2, -0.15) is 0 Å². The van der Waals surface area contributed by atoms with Gasteiger partial charge in [-0.1, -0.05) is 62.3 Å². The molecule has 0 bridgehead atoms. The molecule has 0 aliphatic rings. The van der Waals surface area contributed by atoms with Gasteiger partial charge in [-0.05, 0) is 15.5 Å². The minimum absolute atomic E-state index is 0. The Labute approximate surface area is 109 Å². The molecular weight excluding hydrogens is 196 g/mol. The van der Waals surface area contributed by atoms with Gasteiger partial charge in [0.25, 0.3) is 0 Å². The Kier molecular flexibility index (Phi) is 5.58. The van der Waals surface area contributed by atoms with Gasteiger partial charge in [-0.25, -0.2) is 7.05 Å². The van der Waals surface area contributed by atoms with E-state index in [0.29, 0.717) is 0 Å². The molecule has 0 saturated carbocycles. The number of hydrogen-bond donors (Lipinski definition) is 0. The standard InChI is InChI=1S/C12H27NP.Li/c1-10(2,3)14(13,11(4,5)6)12(7,8)9;/h1-9H3;/q-1;+1. The summed E-state index contributed by atoms with van der Waals surface area (Å²) in [5, 5.41) is 11.1. The summed E-state index contributed by atoms with van der Waals surface area (Å²) >= 11 is 0. The number of rotatable bonds is 0. The van der Waals surface area contributed by atoms with Crippen LogP contribution in [0, 0.1) is 0 Å². The molecule has 3 heteroatoms. The molecule has 0 rings (SSSR count). The first-order valence-electron chi connectivity index (χ1n) is 5.37. The maximum atomic E-state index is 11.1. The number of hydrogen-bond acceptors (Lipinski definition) is 0. The fourth-order valence-electron chi connectivity index (χ4n) is 3.02. The zero-order valence-corrected chi connectivity index (χ0v) is 13.3. The van der Waals surface area contributed by atoms with E-state index in [2.05, 4.69) is 62.3 Å². The van der Waals surface area contributed by atoms with Crippen LogP contribution in [0.2, 0.25) is 0 Å². The predicted octanol–water partition coefficient (Wildman–Crippen LogP) is 2.16. The molecule has 0 atom stereocenters. The largest absolute Gasteiger partial charge is 1.00 e. The minimum atomic E-state index is -2.02. The van der Waals surface area contributed by atoms with Gasteiger partial charge >= 0.3 is 18.9 Å². The molecule has 0 heterocycles. The summed E-state index contributed by atoms with van der Waals surface area (Å²) in [4.78, 5) is 0. The van der Waals surface area contributed by atoms with Crippen LogP contribution < -0.4 is 18.9 Å². The monoisotopic (exact) mass is 223 g/mol.